The van der Waals surface area contributed by atoms with Crippen molar-refractivity contribution in [2.45, 2.75) is 40.7 Å². The zero-order valence-electron chi connectivity index (χ0n) is 12.8. The number of nitrogens with zero attached hydrogens (tertiary/aromatic N) is 3. The first kappa shape index (κ1) is 16.0. The zero-order valence-corrected chi connectivity index (χ0v) is 12.8. The largest absolute Gasteiger partial charge is 0.352 e. The monoisotopic (exact) mass is 274 g/mol. The lowest BCUT2D eigenvalue weighted by atomic mass is 10.1. The number of aryl methyl sites for hydroxylation is 2. The number of hydrogen-bond donors (Lipinski definition) is 1. The summed E-state index contributed by atoms with van der Waals surface area (Å²) in [5, 5.41) is 12.1. The van der Waals surface area contributed by atoms with E-state index in [2.05, 4.69) is 16.4 Å². The van der Waals surface area contributed by atoms with Gasteiger partial charge in [0.2, 0.25) is 5.91 Å². The van der Waals surface area contributed by atoms with Crippen LogP contribution in [0.25, 0.3) is 0 Å². The van der Waals surface area contributed by atoms with Crippen molar-refractivity contribution in [2.75, 3.05) is 18.0 Å². The fraction of sp³-hybridized carbons (Fsp3) is 0.533. The third-order valence-corrected chi connectivity index (χ3v) is 2.90. The zero-order chi connectivity index (χ0) is 15.3. The number of carbonyl (C=O) groups excluding carboxylic acids is 1. The topological polar surface area (TPSA) is 69.0 Å². The van der Waals surface area contributed by atoms with Gasteiger partial charge < -0.3 is 10.2 Å². The van der Waals surface area contributed by atoms with E-state index in [1.165, 1.54) is 0 Å². The second-order valence-corrected chi connectivity index (χ2v) is 5.13. The van der Waals surface area contributed by atoms with E-state index in [-0.39, 0.29) is 18.5 Å². The maximum atomic E-state index is 11.9. The highest BCUT2D eigenvalue weighted by Gasteiger charge is 2.17. The van der Waals surface area contributed by atoms with Gasteiger partial charge in [-0.3, -0.25) is 4.79 Å². The molecule has 20 heavy (non-hydrogen) atoms. The fourth-order valence-electron chi connectivity index (χ4n) is 2.06. The Kier molecular flexibility index (Phi) is 5.51. The van der Waals surface area contributed by atoms with E-state index in [4.69, 9.17) is 0 Å². The average molecular weight is 274 g/mol. The Hall–Kier alpha value is -2.09. The van der Waals surface area contributed by atoms with E-state index in [1.54, 1.807) is 0 Å². The molecule has 108 valence electrons. The highest BCUT2D eigenvalue weighted by Crippen LogP contribution is 2.21. The Bertz CT molecular complexity index is 531. The molecule has 1 aromatic heterocycles. The molecular weight excluding hydrogens is 252 g/mol. The molecule has 0 unspecified atom stereocenters. The lowest BCUT2D eigenvalue weighted by molar-refractivity contribution is -0.120. The van der Waals surface area contributed by atoms with Gasteiger partial charge in [0.15, 0.2) is 0 Å². The number of carbonyl (C=O) groups is 1. The van der Waals surface area contributed by atoms with Crippen molar-refractivity contribution < 1.29 is 4.79 Å². The number of amides is 1. The highest BCUT2D eigenvalue weighted by molar-refractivity contribution is 5.81. The number of rotatable bonds is 5. The molecule has 0 aliphatic rings. The van der Waals surface area contributed by atoms with Gasteiger partial charge in [0.05, 0.1) is 12.1 Å². The van der Waals surface area contributed by atoms with Gasteiger partial charge in [0.25, 0.3) is 0 Å². The van der Waals surface area contributed by atoms with Crippen LogP contribution in [0.15, 0.2) is 6.07 Å². The first-order chi connectivity index (χ1) is 9.38. The highest BCUT2D eigenvalue weighted by atomic mass is 16.2. The molecule has 0 fully saturated rings. The van der Waals surface area contributed by atoms with Crippen molar-refractivity contribution in [3.8, 4) is 6.07 Å². The maximum Gasteiger partial charge on any atom is 0.239 e. The van der Waals surface area contributed by atoms with Gasteiger partial charge in [0, 0.05) is 18.3 Å². The number of likely N-dealkylation sites (N-methyl/N-ethyl adjacent to an activating group) is 1. The quantitative estimate of drug-likeness (QED) is 0.890. The minimum absolute atomic E-state index is 0.0632. The van der Waals surface area contributed by atoms with Gasteiger partial charge in [-0.05, 0) is 46.2 Å². The molecule has 1 rings (SSSR count). The molecule has 1 heterocycles. The maximum absolute atomic E-state index is 11.9. The molecule has 1 N–H and O–H groups in total. The normalized spacial score (nSPS) is 10.2. The number of nitrogens with one attached hydrogen (secondary N) is 1. The summed E-state index contributed by atoms with van der Waals surface area (Å²) in [6, 6.07) is 4.16. The van der Waals surface area contributed by atoms with Crippen LogP contribution in [0.3, 0.4) is 0 Å². The van der Waals surface area contributed by atoms with Gasteiger partial charge in [0.1, 0.15) is 11.9 Å². The number of pyridine rings is 1. The summed E-state index contributed by atoms with van der Waals surface area (Å²) in [6.45, 7) is 10.4. The van der Waals surface area contributed by atoms with E-state index in [1.807, 2.05) is 45.6 Å². The van der Waals surface area contributed by atoms with E-state index >= 15 is 0 Å². The lowest BCUT2D eigenvalue weighted by Crippen LogP contribution is -2.40. The average Bonchev–Trinajstić information content (AvgIpc) is 2.34. The van der Waals surface area contributed by atoms with Crippen molar-refractivity contribution in [1.29, 1.82) is 5.26 Å². The van der Waals surface area contributed by atoms with E-state index in [9.17, 15) is 10.1 Å². The third kappa shape index (κ3) is 3.95. The standard InChI is InChI=1S/C15H22N4O/c1-6-19(9-14(20)17-10(2)3)15-13(8-16)11(4)7-12(5)18-15/h7,10H,6,9H2,1-5H3,(H,17,20). The van der Waals surface area contributed by atoms with Crippen molar-refractivity contribution in [3.05, 3.63) is 22.9 Å². The van der Waals surface area contributed by atoms with Crippen LogP contribution in [-0.2, 0) is 4.79 Å². The molecule has 0 saturated carbocycles. The molecule has 0 aliphatic carbocycles. The predicted molar refractivity (Wildman–Crippen MR) is 79.6 cm³/mol. The third-order valence-electron chi connectivity index (χ3n) is 2.90. The molecule has 5 nitrogen and oxygen atoms in total. The number of anilines is 1. The van der Waals surface area contributed by atoms with Crippen LogP contribution in [0.4, 0.5) is 5.82 Å². The molecular formula is C15H22N4O. The Morgan fingerprint density at radius 3 is 2.65 bits per heavy atom. The number of nitriles is 1. The van der Waals surface area contributed by atoms with Gasteiger partial charge in [-0.2, -0.15) is 5.26 Å². The lowest BCUT2D eigenvalue weighted by Gasteiger charge is -2.24. The molecule has 0 atom stereocenters. The molecule has 1 aromatic rings. The Morgan fingerprint density at radius 1 is 1.50 bits per heavy atom. The van der Waals surface area contributed by atoms with Crippen LogP contribution in [0.5, 0.6) is 0 Å². The SMILES string of the molecule is CCN(CC(=O)NC(C)C)c1nc(C)cc(C)c1C#N. The first-order valence-electron chi connectivity index (χ1n) is 6.81. The second kappa shape index (κ2) is 6.90. The molecule has 0 bridgehead atoms. The second-order valence-electron chi connectivity index (χ2n) is 5.13. The Morgan fingerprint density at radius 2 is 2.15 bits per heavy atom. The predicted octanol–water partition coefficient (Wildman–Crippen LogP) is 1.92. The van der Waals surface area contributed by atoms with Gasteiger partial charge >= 0.3 is 0 Å². The minimum Gasteiger partial charge on any atom is -0.352 e. The fourth-order valence-corrected chi connectivity index (χ4v) is 2.06. The summed E-state index contributed by atoms with van der Waals surface area (Å²) >= 11 is 0. The summed E-state index contributed by atoms with van der Waals surface area (Å²) in [5.41, 5.74) is 2.27. The Balaban J connectivity index is 3.07. The van der Waals surface area contributed by atoms with Gasteiger partial charge in [-0.1, -0.05) is 0 Å². The summed E-state index contributed by atoms with van der Waals surface area (Å²) < 4.78 is 0. The molecule has 5 heteroatoms. The van der Waals surface area contributed by atoms with Crippen LogP contribution in [-0.4, -0.2) is 30.0 Å². The van der Waals surface area contributed by atoms with Crippen LogP contribution in [0, 0.1) is 25.2 Å². The number of hydrogen-bond acceptors (Lipinski definition) is 4. The van der Waals surface area contributed by atoms with Gasteiger partial charge in [-0.25, -0.2) is 4.98 Å². The summed E-state index contributed by atoms with van der Waals surface area (Å²) in [7, 11) is 0. The van der Waals surface area contributed by atoms with E-state index in [0.717, 1.165) is 11.3 Å². The summed E-state index contributed by atoms with van der Waals surface area (Å²) in [6.07, 6.45) is 0. The van der Waals surface area contributed by atoms with Crippen molar-refractivity contribution in [3.63, 3.8) is 0 Å². The van der Waals surface area contributed by atoms with Gasteiger partial charge in [-0.15, -0.1) is 0 Å². The van der Waals surface area contributed by atoms with E-state index in [0.29, 0.717) is 17.9 Å². The summed E-state index contributed by atoms with van der Waals surface area (Å²) in [4.78, 5) is 18.2. The number of aromatic nitrogens is 1. The smallest absolute Gasteiger partial charge is 0.239 e. The van der Waals surface area contributed by atoms with Crippen molar-refractivity contribution in [1.82, 2.24) is 10.3 Å². The van der Waals surface area contributed by atoms with Crippen LogP contribution in [0.2, 0.25) is 0 Å². The molecule has 0 aliphatic heterocycles. The van der Waals surface area contributed by atoms with Crippen LogP contribution >= 0.6 is 0 Å². The van der Waals surface area contributed by atoms with Crippen molar-refractivity contribution in [2.24, 2.45) is 0 Å². The Labute approximate surface area is 120 Å². The molecule has 0 radical (unpaired) electrons. The molecule has 0 aromatic carbocycles. The van der Waals surface area contributed by atoms with E-state index < -0.39 is 0 Å². The van der Waals surface area contributed by atoms with Crippen molar-refractivity contribution >= 4 is 11.7 Å². The minimum atomic E-state index is -0.0632. The first-order valence-corrected chi connectivity index (χ1v) is 6.81. The van der Waals surface area contributed by atoms with Crippen LogP contribution < -0.4 is 10.2 Å². The molecule has 0 spiro atoms. The van der Waals surface area contributed by atoms with Crippen LogP contribution in [0.1, 0.15) is 37.6 Å². The summed E-state index contributed by atoms with van der Waals surface area (Å²) in [5.74, 6) is 0.526. The molecule has 0 saturated heterocycles. The molecule has 1 amide bonds.